The van der Waals surface area contributed by atoms with Gasteiger partial charge in [-0.1, -0.05) is 56.7 Å². The molecule has 0 bridgehead atoms. The standard InChI is InChI=1S/C15H24O/c1-3-4-5-6-7-8-13-16-15-11-9-14(2)10-12-15/h9-12H,3-8,13H2,1-2H3. The van der Waals surface area contributed by atoms with Gasteiger partial charge in [0.2, 0.25) is 0 Å². The van der Waals surface area contributed by atoms with E-state index in [9.17, 15) is 0 Å². The van der Waals surface area contributed by atoms with E-state index in [0.29, 0.717) is 0 Å². The lowest BCUT2D eigenvalue weighted by atomic mass is 10.1. The Kier molecular flexibility index (Phi) is 6.71. The van der Waals surface area contributed by atoms with E-state index in [1.54, 1.807) is 0 Å². The molecule has 1 nitrogen and oxygen atoms in total. The van der Waals surface area contributed by atoms with Gasteiger partial charge in [-0.05, 0) is 25.5 Å². The van der Waals surface area contributed by atoms with E-state index in [0.717, 1.165) is 12.4 Å². The average Bonchev–Trinajstić information content (AvgIpc) is 2.30. The largest absolute Gasteiger partial charge is 0.494 e. The van der Waals surface area contributed by atoms with Gasteiger partial charge in [-0.15, -0.1) is 0 Å². The maximum Gasteiger partial charge on any atom is 0.119 e. The fourth-order valence-electron chi connectivity index (χ4n) is 1.71. The molecule has 90 valence electrons. The number of unbranched alkanes of at least 4 members (excludes halogenated alkanes) is 5. The van der Waals surface area contributed by atoms with E-state index < -0.39 is 0 Å². The average molecular weight is 220 g/mol. The number of ether oxygens (including phenoxy) is 1. The topological polar surface area (TPSA) is 9.23 Å². The van der Waals surface area contributed by atoms with E-state index in [1.807, 2.05) is 12.1 Å². The molecule has 0 aliphatic heterocycles. The fraction of sp³-hybridized carbons (Fsp3) is 0.600. The van der Waals surface area contributed by atoms with Crippen molar-refractivity contribution in [2.45, 2.75) is 52.4 Å². The van der Waals surface area contributed by atoms with Crippen LogP contribution in [0.15, 0.2) is 24.3 Å². The Hall–Kier alpha value is -0.980. The molecular formula is C15H24O. The Morgan fingerprint density at radius 3 is 2.19 bits per heavy atom. The number of hydrogen-bond donors (Lipinski definition) is 0. The summed E-state index contributed by atoms with van der Waals surface area (Å²) in [5.41, 5.74) is 1.28. The lowest BCUT2D eigenvalue weighted by Crippen LogP contribution is -1.97. The minimum atomic E-state index is 0.856. The highest BCUT2D eigenvalue weighted by atomic mass is 16.5. The normalized spacial score (nSPS) is 10.4. The van der Waals surface area contributed by atoms with Crippen molar-refractivity contribution in [3.05, 3.63) is 29.8 Å². The summed E-state index contributed by atoms with van der Waals surface area (Å²) in [6, 6.07) is 8.28. The summed E-state index contributed by atoms with van der Waals surface area (Å²) in [4.78, 5) is 0. The number of aryl methyl sites for hydroxylation is 1. The van der Waals surface area contributed by atoms with Crippen LogP contribution < -0.4 is 4.74 Å². The van der Waals surface area contributed by atoms with Crippen molar-refractivity contribution in [1.82, 2.24) is 0 Å². The van der Waals surface area contributed by atoms with Crippen LogP contribution in [0.3, 0.4) is 0 Å². The molecule has 0 saturated heterocycles. The maximum atomic E-state index is 5.67. The minimum absolute atomic E-state index is 0.856. The number of hydrogen-bond acceptors (Lipinski definition) is 1. The summed E-state index contributed by atoms with van der Waals surface area (Å²) in [5, 5.41) is 0. The third-order valence-electron chi connectivity index (χ3n) is 2.79. The van der Waals surface area contributed by atoms with Gasteiger partial charge < -0.3 is 4.74 Å². The van der Waals surface area contributed by atoms with Crippen LogP contribution in [-0.2, 0) is 0 Å². The Labute approximate surface area is 99.8 Å². The van der Waals surface area contributed by atoms with Crippen LogP contribution in [0.2, 0.25) is 0 Å². The smallest absolute Gasteiger partial charge is 0.119 e. The van der Waals surface area contributed by atoms with Crippen molar-refractivity contribution in [2.75, 3.05) is 6.61 Å². The predicted molar refractivity (Wildman–Crippen MR) is 70.1 cm³/mol. The molecular weight excluding hydrogens is 196 g/mol. The van der Waals surface area contributed by atoms with Crippen molar-refractivity contribution in [3.8, 4) is 5.75 Å². The molecule has 1 aromatic rings. The second kappa shape index (κ2) is 8.20. The summed E-state index contributed by atoms with van der Waals surface area (Å²) in [5.74, 6) is 0.999. The van der Waals surface area contributed by atoms with Gasteiger partial charge in [0.1, 0.15) is 5.75 Å². The first-order valence-corrected chi connectivity index (χ1v) is 6.52. The highest BCUT2D eigenvalue weighted by Gasteiger charge is 1.93. The first-order valence-electron chi connectivity index (χ1n) is 6.52. The molecule has 1 aromatic carbocycles. The van der Waals surface area contributed by atoms with Crippen molar-refractivity contribution < 1.29 is 4.74 Å². The highest BCUT2D eigenvalue weighted by Crippen LogP contribution is 2.12. The summed E-state index contributed by atoms with van der Waals surface area (Å²) < 4.78 is 5.67. The molecule has 0 amide bonds. The molecule has 0 fully saturated rings. The zero-order chi connectivity index (χ0) is 11.6. The van der Waals surface area contributed by atoms with Gasteiger partial charge in [-0.3, -0.25) is 0 Å². The quantitative estimate of drug-likeness (QED) is 0.575. The molecule has 0 unspecified atom stereocenters. The van der Waals surface area contributed by atoms with Gasteiger partial charge in [0.05, 0.1) is 6.61 Å². The molecule has 0 saturated carbocycles. The molecule has 0 spiro atoms. The molecule has 0 aliphatic carbocycles. The molecule has 16 heavy (non-hydrogen) atoms. The molecule has 0 heterocycles. The van der Waals surface area contributed by atoms with Gasteiger partial charge in [-0.2, -0.15) is 0 Å². The lowest BCUT2D eigenvalue weighted by Gasteiger charge is -2.06. The van der Waals surface area contributed by atoms with Crippen molar-refractivity contribution in [2.24, 2.45) is 0 Å². The summed E-state index contributed by atoms with van der Waals surface area (Å²) in [7, 11) is 0. The maximum absolute atomic E-state index is 5.67. The van der Waals surface area contributed by atoms with Crippen molar-refractivity contribution in [3.63, 3.8) is 0 Å². The van der Waals surface area contributed by atoms with Gasteiger partial charge in [-0.25, -0.2) is 0 Å². The summed E-state index contributed by atoms with van der Waals surface area (Å²) >= 11 is 0. The van der Waals surface area contributed by atoms with Gasteiger partial charge in [0, 0.05) is 0 Å². The van der Waals surface area contributed by atoms with Crippen LogP contribution in [0.25, 0.3) is 0 Å². The van der Waals surface area contributed by atoms with Gasteiger partial charge in [0.25, 0.3) is 0 Å². The number of rotatable bonds is 8. The van der Waals surface area contributed by atoms with Crippen molar-refractivity contribution >= 4 is 0 Å². The van der Waals surface area contributed by atoms with E-state index in [-0.39, 0.29) is 0 Å². The summed E-state index contributed by atoms with van der Waals surface area (Å²) in [6.07, 6.45) is 7.90. The first kappa shape index (κ1) is 13.1. The first-order chi connectivity index (χ1) is 7.83. The fourth-order valence-corrected chi connectivity index (χ4v) is 1.71. The lowest BCUT2D eigenvalue weighted by molar-refractivity contribution is 0.304. The Morgan fingerprint density at radius 1 is 0.875 bits per heavy atom. The van der Waals surface area contributed by atoms with E-state index in [1.165, 1.54) is 44.1 Å². The molecule has 0 N–H and O–H groups in total. The Bertz CT molecular complexity index is 263. The molecule has 0 aliphatic rings. The van der Waals surface area contributed by atoms with Crippen LogP contribution >= 0.6 is 0 Å². The van der Waals surface area contributed by atoms with Crippen LogP contribution in [0.1, 0.15) is 51.0 Å². The van der Waals surface area contributed by atoms with Crippen LogP contribution in [0, 0.1) is 6.92 Å². The molecule has 0 aromatic heterocycles. The second-order valence-corrected chi connectivity index (χ2v) is 4.43. The monoisotopic (exact) mass is 220 g/mol. The Balaban J connectivity index is 2.01. The minimum Gasteiger partial charge on any atom is -0.494 e. The van der Waals surface area contributed by atoms with Crippen LogP contribution in [-0.4, -0.2) is 6.61 Å². The Morgan fingerprint density at radius 2 is 1.50 bits per heavy atom. The zero-order valence-corrected chi connectivity index (χ0v) is 10.7. The molecule has 1 rings (SSSR count). The number of benzene rings is 1. The van der Waals surface area contributed by atoms with Crippen molar-refractivity contribution in [1.29, 1.82) is 0 Å². The van der Waals surface area contributed by atoms with Crippen LogP contribution in [0.5, 0.6) is 5.75 Å². The van der Waals surface area contributed by atoms with E-state index in [4.69, 9.17) is 4.74 Å². The third-order valence-corrected chi connectivity index (χ3v) is 2.79. The van der Waals surface area contributed by atoms with E-state index >= 15 is 0 Å². The third kappa shape index (κ3) is 5.79. The molecule has 0 radical (unpaired) electrons. The highest BCUT2D eigenvalue weighted by molar-refractivity contribution is 5.26. The molecule has 1 heteroatoms. The van der Waals surface area contributed by atoms with Gasteiger partial charge in [0.15, 0.2) is 0 Å². The summed E-state index contributed by atoms with van der Waals surface area (Å²) in [6.45, 7) is 5.20. The SMILES string of the molecule is CCCCCCCCOc1ccc(C)cc1. The predicted octanol–water partition coefficient (Wildman–Crippen LogP) is 4.73. The van der Waals surface area contributed by atoms with Gasteiger partial charge >= 0.3 is 0 Å². The second-order valence-electron chi connectivity index (χ2n) is 4.43. The van der Waals surface area contributed by atoms with E-state index in [2.05, 4.69) is 26.0 Å². The van der Waals surface area contributed by atoms with Crippen LogP contribution in [0.4, 0.5) is 0 Å². The zero-order valence-electron chi connectivity index (χ0n) is 10.7. The molecule has 0 atom stereocenters.